The number of amides is 2. The molecule has 1 spiro atoms. The minimum Gasteiger partial charge on any atom is -0.384 e. The zero-order valence-electron chi connectivity index (χ0n) is 14.9. The lowest BCUT2D eigenvalue weighted by Gasteiger charge is -2.44. The summed E-state index contributed by atoms with van der Waals surface area (Å²) in [7, 11) is 1.60. The lowest BCUT2D eigenvalue weighted by Crippen LogP contribution is -2.51. The number of aromatic nitrogens is 1. The van der Waals surface area contributed by atoms with Gasteiger partial charge in [-0.1, -0.05) is 0 Å². The van der Waals surface area contributed by atoms with Crippen LogP contribution >= 0.6 is 0 Å². The SMILES string of the molecule is COCCC(=O)NC1CCC2(CCC(=O)N2Cc2ccncc2)CC1. The third kappa shape index (κ3) is 4.18. The summed E-state index contributed by atoms with van der Waals surface area (Å²) < 4.78 is 4.95. The average molecular weight is 345 g/mol. The van der Waals surface area contributed by atoms with Crippen LogP contribution in [-0.2, 0) is 20.9 Å². The molecular formula is C19H27N3O3. The van der Waals surface area contributed by atoms with Crippen LogP contribution in [-0.4, -0.2) is 47.0 Å². The molecule has 136 valence electrons. The molecule has 1 saturated heterocycles. The predicted octanol–water partition coefficient (Wildman–Crippen LogP) is 2.04. The van der Waals surface area contributed by atoms with Gasteiger partial charge in [0.05, 0.1) is 6.61 Å². The van der Waals surface area contributed by atoms with Crippen LogP contribution in [0.4, 0.5) is 0 Å². The van der Waals surface area contributed by atoms with Crippen LogP contribution in [0.15, 0.2) is 24.5 Å². The molecule has 0 bridgehead atoms. The summed E-state index contributed by atoms with van der Waals surface area (Å²) >= 11 is 0. The van der Waals surface area contributed by atoms with Crippen LogP contribution in [0.3, 0.4) is 0 Å². The molecule has 3 rings (SSSR count). The van der Waals surface area contributed by atoms with Crippen LogP contribution in [0.5, 0.6) is 0 Å². The Balaban J connectivity index is 1.58. The van der Waals surface area contributed by atoms with Crippen molar-refractivity contribution in [1.82, 2.24) is 15.2 Å². The quantitative estimate of drug-likeness (QED) is 0.856. The molecule has 0 aromatic carbocycles. The first kappa shape index (κ1) is 17.9. The Morgan fingerprint density at radius 3 is 2.72 bits per heavy atom. The third-order valence-electron chi connectivity index (χ3n) is 5.58. The molecule has 2 heterocycles. The smallest absolute Gasteiger partial charge is 0.223 e. The molecule has 2 aliphatic rings. The fourth-order valence-corrected chi connectivity index (χ4v) is 4.11. The second kappa shape index (κ2) is 7.95. The third-order valence-corrected chi connectivity index (χ3v) is 5.58. The van der Waals surface area contributed by atoms with E-state index in [0.29, 0.717) is 26.0 Å². The Kier molecular flexibility index (Phi) is 5.68. The van der Waals surface area contributed by atoms with E-state index in [0.717, 1.165) is 37.7 Å². The van der Waals surface area contributed by atoms with E-state index < -0.39 is 0 Å². The van der Waals surface area contributed by atoms with Gasteiger partial charge in [-0.15, -0.1) is 0 Å². The fourth-order valence-electron chi connectivity index (χ4n) is 4.11. The Bertz CT molecular complexity index is 597. The van der Waals surface area contributed by atoms with Gasteiger partial charge in [-0.25, -0.2) is 0 Å². The van der Waals surface area contributed by atoms with Crippen molar-refractivity contribution in [1.29, 1.82) is 0 Å². The van der Waals surface area contributed by atoms with Gasteiger partial charge < -0.3 is 15.0 Å². The number of hydrogen-bond acceptors (Lipinski definition) is 4. The number of carbonyl (C=O) groups excluding carboxylic acids is 2. The van der Waals surface area contributed by atoms with Crippen molar-refractivity contribution in [2.24, 2.45) is 0 Å². The van der Waals surface area contributed by atoms with Gasteiger partial charge in [0.25, 0.3) is 0 Å². The van der Waals surface area contributed by atoms with Crippen molar-refractivity contribution in [3.05, 3.63) is 30.1 Å². The van der Waals surface area contributed by atoms with Gasteiger partial charge in [-0.05, 0) is 49.8 Å². The first-order valence-electron chi connectivity index (χ1n) is 9.11. The number of carbonyl (C=O) groups is 2. The molecule has 1 saturated carbocycles. The largest absolute Gasteiger partial charge is 0.384 e. The maximum atomic E-state index is 12.5. The molecular weight excluding hydrogens is 318 g/mol. The van der Waals surface area contributed by atoms with Crippen molar-refractivity contribution in [2.45, 2.75) is 63.1 Å². The Labute approximate surface area is 148 Å². The molecule has 0 atom stereocenters. The van der Waals surface area contributed by atoms with Gasteiger partial charge in [-0.2, -0.15) is 0 Å². The van der Waals surface area contributed by atoms with E-state index in [1.165, 1.54) is 0 Å². The summed E-state index contributed by atoms with van der Waals surface area (Å²) in [5.74, 6) is 0.304. The highest BCUT2D eigenvalue weighted by Crippen LogP contribution is 2.43. The predicted molar refractivity (Wildman–Crippen MR) is 93.6 cm³/mol. The van der Waals surface area contributed by atoms with Crippen LogP contribution in [0.25, 0.3) is 0 Å². The summed E-state index contributed by atoms with van der Waals surface area (Å²) in [5, 5.41) is 3.11. The van der Waals surface area contributed by atoms with E-state index in [1.807, 2.05) is 12.1 Å². The second-order valence-electron chi connectivity index (χ2n) is 7.14. The summed E-state index contributed by atoms with van der Waals surface area (Å²) in [6.07, 6.45) is 9.29. The lowest BCUT2D eigenvalue weighted by atomic mass is 9.77. The van der Waals surface area contributed by atoms with Gasteiger partial charge in [0, 0.05) is 50.5 Å². The Morgan fingerprint density at radius 2 is 2.04 bits per heavy atom. The first-order valence-corrected chi connectivity index (χ1v) is 9.11. The number of nitrogens with one attached hydrogen (secondary N) is 1. The topological polar surface area (TPSA) is 71.5 Å². The summed E-state index contributed by atoms with van der Waals surface area (Å²) in [6, 6.07) is 4.16. The van der Waals surface area contributed by atoms with Crippen molar-refractivity contribution in [2.75, 3.05) is 13.7 Å². The molecule has 25 heavy (non-hydrogen) atoms. The van der Waals surface area contributed by atoms with E-state index in [1.54, 1.807) is 19.5 Å². The van der Waals surface area contributed by atoms with Crippen molar-refractivity contribution in [3.8, 4) is 0 Å². The molecule has 1 N–H and O–H groups in total. The number of rotatable bonds is 6. The number of likely N-dealkylation sites (tertiary alicyclic amines) is 1. The molecule has 1 aliphatic carbocycles. The van der Waals surface area contributed by atoms with E-state index in [2.05, 4.69) is 15.2 Å². The highest BCUT2D eigenvalue weighted by Gasteiger charge is 2.47. The Morgan fingerprint density at radius 1 is 1.32 bits per heavy atom. The fraction of sp³-hybridized carbons (Fsp3) is 0.632. The van der Waals surface area contributed by atoms with Crippen LogP contribution in [0, 0.1) is 0 Å². The number of nitrogens with zero attached hydrogens (tertiary/aromatic N) is 2. The summed E-state index contributed by atoms with van der Waals surface area (Å²) in [5.41, 5.74) is 1.09. The average Bonchev–Trinajstić information content (AvgIpc) is 2.93. The van der Waals surface area contributed by atoms with Crippen LogP contribution < -0.4 is 5.32 Å². The number of ether oxygens (including phenoxy) is 1. The van der Waals surface area contributed by atoms with E-state index in [9.17, 15) is 9.59 Å². The molecule has 1 aliphatic heterocycles. The summed E-state index contributed by atoms with van der Waals surface area (Å²) in [6.45, 7) is 1.11. The monoisotopic (exact) mass is 345 g/mol. The van der Waals surface area contributed by atoms with E-state index in [4.69, 9.17) is 4.74 Å². The van der Waals surface area contributed by atoms with Crippen molar-refractivity contribution in [3.63, 3.8) is 0 Å². The standard InChI is InChI=1S/C19H27N3O3/c1-25-13-7-17(23)21-16-2-8-19(9-3-16)10-4-18(24)22(19)14-15-5-11-20-12-6-15/h5-6,11-12,16H,2-4,7-10,13-14H2,1H3,(H,21,23). The Hall–Kier alpha value is -1.95. The molecule has 2 amide bonds. The number of pyridine rings is 1. The second-order valence-corrected chi connectivity index (χ2v) is 7.14. The van der Waals surface area contributed by atoms with E-state index in [-0.39, 0.29) is 23.4 Å². The molecule has 1 aromatic rings. The number of methoxy groups -OCH3 is 1. The van der Waals surface area contributed by atoms with Crippen LogP contribution in [0.1, 0.15) is 50.5 Å². The molecule has 2 fully saturated rings. The maximum Gasteiger partial charge on any atom is 0.223 e. The van der Waals surface area contributed by atoms with Gasteiger partial charge in [0.2, 0.25) is 11.8 Å². The molecule has 0 radical (unpaired) electrons. The van der Waals surface area contributed by atoms with Gasteiger partial charge in [0.1, 0.15) is 0 Å². The number of hydrogen-bond donors (Lipinski definition) is 1. The van der Waals surface area contributed by atoms with Gasteiger partial charge >= 0.3 is 0 Å². The van der Waals surface area contributed by atoms with Gasteiger partial charge in [0.15, 0.2) is 0 Å². The van der Waals surface area contributed by atoms with E-state index >= 15 is 0 Å². The maximum absolute atomic E-state index is 12.5. The zero-order chi connectivity index (χ0) is 17.7. The molecule has 0 unspecified atom stereocenters. The highest BCUT2D eigenvalue weighted by atomic mass is 16.5. The highest BCUT2D eigenvalue weighted by molar-refractivity contribution is 5.80. The van der Waals surface area contributed by atoms with Crippen LogP contribution in [0.2, 0.25) is 0 Å². The zero-order valence-corrected chi connectivity index (χ0v) is 14.9. The molecule has 1 aromatic heterocycles. The first-order chi connectivity index (χ1) is 12.1. The summed E-state index contributed by atoms with van der Waals surface area (Å²) in [4.78, 5) is 30.5. The molecule has 6 nitrogen and oxygen atoms in total. The minimum absolute atomic E-state index is 0.0336. The van der Waals surface area contributed by atoms with Gasteiger partial charge in [-0.3, -0.25) is 14.6 Å². The normalized spacial score (nSPS) is 26.2. The van der Waals surface area contributed by atoms with Crippen molar-refractivity contribution >= 4 is 11.8 Å². The molecule has 6 heteroatoms. The minimum atomic E-state index is -0.0336. The van der Waals surface area contributed by atoms with Crippen molar-refractivity contribution < 1.29 is 14.3 Å². The lowest BCUT2D eigenvalue weighted by molar-refractivity contribution is -0.133.